The molecule has 0 N–H and O–H groups in total. The van der Waals surface area contributed by atoms with E-state index in [0.29, 0.717) is 11.4 Å². The normalized spacial score (nSPS) is 11.7. The highest BCUT2D eigenvalue weighted by atomic mass is 14.9. The molecule has 12 heavy (non-hydrogen) atoms. The Labute approximate surface area is 71.4 Å². The van der Waals surface area contributed by atoms with E-state index in [4.69, 9.17) is 5.26 Å². The van der Waals surface area contributed by atoms with Crippen molar-refractivity contribution in [3.63, 3.8) is 0 Å². The maximum absolute atomic E-state index is 8.47. The largest absolute Gasteiger partial charge is 0.239 e. The molecule has 1 aromatic rings. The summed E-state index contributed by atoms with van der Waals surface area (Å²) in [6.45, 7) is 5.59. The lowest BCUT2D eigenvalue weighted by Crippen LogP contribution is -1.97. The molecule has 1 atom stereocenters. The summed E-state index contributed by atoms with van der Waals surface area (Å²) in [6, 6.07) is 1.96. The van der Waals surface area contributed by atoms with Crippen molar-refractivity contribution in [1.82, 2.24) is 9.97 Å². The lowest BCUT2D eigenvalue weighted by atomic mass is 10.1. The molecule has 0 aliphatic rings. The average Bonchev–Trinajstić information content (AvgIpc) is 2.17. The molecule has 0 aliphatic heterocycles. The summed E-state index contributed by atoms with van der Waals surface area (Å²) >= 11 is 0. The quantitative estimate of drug-likeness (QED) is 0.616. The monoisotopic (exact) mass is 159 g/mol. The second-order valence-corrected chi connectivity index (χ2v) is 2.47. The van der Waals surface area contributed by atoms with Gasteiger partial charge in [-0.1, -0.05) is 13.0 Å². The molecule has 0 fully saturated rings. The Morgan fingerprint density at radius 2 is 2.17 bits per heavy atom. The Kier molecular flexibility index (Phi) is 2.54. The standard InChI is InChI=1S/C9H9N3/c1-3-7(2)9-11-5-8(4-10)6-12-9/h3,5-7H,1H2,2H3. The molecule has 0 spiro atoms. The Hall–Kier alpha value is -1.69. The maximum atomic E-state index is 8.47. The molecule has 0 amide bonds. The van der Waals surface area contributed by atoms with Gasteiger partial charge in [-0.05, 0) is 0 Å². The van der Waals surface area contributed by atoms with Crippen LogP contribution in [0.4, 0.5) is 0 Å². The first-order chi connectivity index (χ1) is 5.77. The van der Waals surface area contributed by atoms with Gasteiger partial charge in [0.2, 0.25) is 0 Å². The summed E-state index contributed by atoms with van der Waals surface area (Å²) in [4.78, 5) is 8.03. The second-order valence-electron chi connectivity index (χ2n) is 2.47. The maximum Gasteiger partial charge on any atom is 0.134 e. The summed E-state index contributed by atoms with van der Waals surface area (Å²) in [5.74, 6) is 0.835. The fourth-order valence-electron chi connectivity index (χ4n) is 0.736. The molecule has 1 unspecified atom stereocenters. The first kappa shape index (κ1) is 8.41. The number of rotatable bonds is 2. The molecule has 1 aromatic heterocycles. The van der Waals surface area contributed by atoms with Crippen LogP contribution in [0.3, 0.4) is 0 Å². The zero-order valence-electron chi connectivity index (χ0n) is 6.86. The second kappa shape index (κ2) is 3.63. The summed E-state index contributed by atoms with van der Waals surface area (Å²) in [6.07, 6.45) is 4.80. The van der Waals surface area contributed by atoms with Crippen molar-refractivity contribution in [1.29, 1.82) is 5.26 Å². The van der Waals surface area contributed by atoms with Gasteiger partial charge in [0.1, 0.15) is 11.9 Å². The van der Waals surface area contributed by atoms with Crippen molar-refractivity contribution in [2.45, 2.75) is 12.8 Å². The van der Waals surface area contributed by atoms with Crippen LogP contribution in [0, 0.1) is 11.3 Å². The molecule has 1 heterocycles. The molecule has 1 rings (SSSR count). The van der Waals surface area contributed by atoms with Gasteiger partial charge in [-0.3, -0.25) is 0 Å². The summed E-state index contributed by atoms with van der Waals surface area (Å²) < 4.78 is 0. The van der Waals surface area contributed by atoms with Gasteiger partial charge in [0.25, 0.3) is 0 Å². The minimum atomic E-state index is 0.137. The lowest BCUT2D eigenvalue weighted by Gasteiger charge is -2.01. The van der Waals surface area contributed by atoms with Crippen molar-refractivity contribution in [3.05, 3.63) is 36.4 Å². The molecule has 3 heteroatoms. The summed E-state index contributed by atoms with van der Waals surface area (Å²) in [5, 5.41) is 8.47. The molecule has 3 nitrogen and oxygen atoms in total. The Bertz CT molecular complexity index is 308. The molecule has 0 aromatic carbocycles. The molecule has 0 saturated heterocycles. The third kappa shape index (κ3) is 1.67. The van der Waals surface area contributed by atoms with E-state index in [1.165, 1.54) is 12.4 Å². The van der Waals surface area contributed by atoms with Crippen LogP contribution in [-0.2, 0) is 0 Å². The van der Waals surface area contributed by atoms with E-state index < -0.39 is 0 Å². The fourth-order valence-corrected chi connectivity index (χ4v) is 0.736. The third-order valence-electron chi connectivity index (χ3n) is 1.56. The number of hydrogen-bond donors (Lipinski definition) is 0. The zero-order chi connectivity index (χ0) is 8.97. The highest BCUT2D eigenvalue weighted by molar-refractivity contribution is 5.22. The predicted octanol–water partition coefficient (Wildman–Crippen LogP) is 1.64. The molecule has 0 saturated carbocycles. The zero-order valence-corrected chi connectivity index (χ0v) is 6.86. The number of allylic oxidation sites excluding steroid dienone is 1. The lowest BCUT2D eigenvalue weighted by molar-refractivity contribution is 0.842. The highest BCUT2D eigenvalue weighted by Gasteiger charge is 2.02. The van der Waals surface area contributed by atoms with Gasteiger partial charge in [0.05, 0.1) is 5.56 Å². The van der Waals surface area contributed by atoms with Crippen molar-refractivity contribution in [2.24, 2.45) is 0 Å². The van der Waals surface area contributed by atoms with Gasteiger partial charge in [-0.2, -0.15) is 5.26 Å². The van der Waals surface area contributed by atoms with Crippen molar-refractivity contribution < 1.29 is 0 Å². The first-order valence-electron chi connectivity index (χ1n) is 3.62. The van der Waals surface area contributed by atoms with E-state index >= 15 is 0 Å². The van der Waals surface area contributed by atoms with Gasteiger partial charge in [-0.15, -0.1) is 6.58 Å². The third-order valence-corrected chi connectivity index (χ3v) is 1.56. The average molecular weight is 159 g/mol. The van der Waals surface area contributed by atoms with Crippen LogP contribution in [0.25, 0.3) is 0 Å². The molecule has 0 aliphatic carbocycles. The minimum Gasteiger partial charge on any atom is -0.239 e. The number of hydrogen-bond acceptors (Lipinski definition) is 3. The Morgan fingerprint density at radius 1 is 1.58 bits per heavy atom. The van der Waals surface area contributed by atoms with E-state index in [0.717, 1.165) is 0 Å². The van der Waals surface area contributed by atoms with Crippen LogP contribution in [-0.4, -0.2) is 9.97 Å². The van der Waals surface area contributed by atoms with Crippen molar-refractivity contribution in [3.8, 4) is 6.07 Å². The first-order valence-corrected chi connectivity index (χ1v) is 3.62. The Balaban J connectivity index is 2.93. The van der Waals surface area contributed by atoms with Gasteiger partial charge in [0, 0.05) is 18.3 Å². The number of nitrogens with zero attached hydrogens (tertiary/aromatic N) is 3. The van der Waals surface area contributed by atoms with Crippen molar-refractivity contribution in [2.75, 3.05) is 0 Å². The van der Waals surface area contributed by atoms with Gasteiger partial charge < -0.3 is 0 Å². The molecular formula is C9H9N3. The van der Waals surface area contributed by atoms with Gasteiger partial charge in [-0.25, -0.2) is 9.97 Å². The van der Waals surface area contributed by atoms with E-state index in [9.17, 15) is 0 Å². The van der Waals surface area contributed by atoms with Gasteiger partial charge in [0.15, 0.2) is 0 Å². The molecule has 0 bridgehead atoms. The number of aromatic nitrogens is 2. The highest BCUT2D eigenvalue weighted by Crippen LogP contribution is 2.09. The van der Waals surface area contributed by atoms with Crippen LogP contribution >= 0.6 is 0 Å². The van der Waals surface area contributed by atoms with Crippen LogP contribution in [0.15, 0.2) is 25.0 Å². The number of nitriles is 1. The fraction of sp³-hybridized carbons (Fsp3) is 0.222. The molecule has 0 radical (unpaired) electrons. The summed E-state index contributed by atoms with van der Waals surface area (Å²) in [7, 11) is 0. The van der Waals surface area contributed by atoms with E-state index in [1.54, 1.807) is 6.08 Å². The Morgan fingerprint density at radius 3 is 2.58 bits per heavy atom. The van der Waals surface area contributed by atoms with E-state index in [2.05, 4.69) is 16.5 Å². The molecular weight excluding hydrogens is 150 g/mol. The SMILES string of the molecule is C=CC(C)c1ncc(C#N)cn1. The van der Waals surface area contributed by atoms with E-state index in [-0.39, 0.29) is 5.92 Å². The molecule has 60 valence electrons. The van der Waals surface area contributed by atoms with Crippen LogP contribution in [0.1, 0.15) is 24.2 Å². The van der Waals surface area contributed by atoms with E-state index in [1.807, 2.05) is 13.0 Å². The van der Waals surface area contributed by atoms with Crippen LogP contribution in [0.5, 0.6) is 0 Å². The van der Waals surface area contributed by atoms with Crippen molar-refractivity contribution >= 4 is 0 Å². The van der Waals surface area contributed by atoms with Gasteiger partial charge >= 0.3 is 0 Å². The van der Waals surface area contributed by atoms with Crippen LogP contribution in [0.2, 0.25) is 0 Å². The van der Waals surface area contributed by atoms with Crippen LogP contribution < -0.4 is 0 Å². The minimum absolute atomic E-state index is 0.137. The topological polar surface area (TPSA) is 49.6 Å². The summed E-state index contributed by atoms with van der Waals surface area (Å²) in [5.41, 5.74) is 0.481. The smallest absolute Gasteiger partial charge is 0.134 e. The predicted molar refractivity (Wildman–Crippen MR) is 45.4 cm³/mol.